The van der Waals surface area contributed by atoms with E-state index in [1.807, 2.05) is 4.90 Å². The van der Waals surface area contributed by atoms with Gasteiger partial charge in [-0.15, -0.1) is 11.6 Å². The van der Waals surface area contributed by atoms with E-state index < -0.39 is 0 Å². The van der Waals surface area contributed by atoms with Crippen LogP contribution < -0.4 is 0 Å². The van der Waals surface area contributed by atoms with E-state index in [1.165, 1.54) is 12.8 Å². The summed E-state index contributed by atoms with van der Waals surface area (Å²) in [5.41, 5.74) is 0. The van der Waals surface area contributed by atoms with Crippen LogP contribution in [0.5, 0.6) is 0 Å². The Morgan fingerprint density at radius 3 is 2.31 bits per heavy atom. The number of hydrogen-bond donors (Lipinski definition) is 0. The fourth-order valence-corrected chi connectivity index (χ4v) is 2.64. The van der Waals surface area contributed by atoms with E-state index in [2.05, 4.69) is 20.8 Å². The third-order valence-electron chi connectivity index (χ3n) is 3.60. The quantitative estimate of drug-likeness (QED) is 0.696. The van der Waals surface area contributed by atoms with Gasteiger partial charge in [0.15, 0.2) is 0 Å². The number of amides is 1. The van der Waals surface area contributed by atoms with Crippen LogP contribution in [0.4, 0.5) is 0 Å². The fourth-order valence-electron chi connectivity index (χ4n) is 2.46. The Labute approximate surface area is 104 Å². The van der Waals surface area contributed by atoms with Crippen molar-refractivity contribution in [2.24, 2.45) is 11.8 Å². The molecule has 3 heteroatoms. The lowest BCUT2D eigenvalue weighted by molar-refractivity contribution is -0.138. The molecular formula is C13H24ClNO. The van der Waals surface area contributed by atoms with Gasteiger partial charge in [-0.3, -0.25) is 4.79 Å². The lowest BCUT2D eigenvalue weighted by atomic mass is 9.82. The molecular weight excluding hydrogens is 222 g/mol. The van der Waals surface area contributed by atoms with Gasteiger partial charge in [-0.25, -0.2) is 0 Å². The minimum absolute atomic E-state index is 0.252. The van der Waals surface area contributed by atoms with Gasteiger partial charge in [-0.05, 0) is 45.4 Å². The second-order valence-electron chi connectivity index (χ2n) is 5.27. The molecule has 1 aliphatic carbocycles. The molecule has 2 nitrogen and oxygen atoms in total. The molecule has 0 bridgehead atoms. The normalized spacial score (nSPS) is 25.8. The molecule has 1 amide bonds. The zero-order chi connectivity index (χ0) is 12.1. The van der Waals surface area contributed by atoms with Gasteiger partial charge in [0.05, 0.1) is 0 Å². The average Bonchev–Trinajstić information content (AvgIpc) is 2.25. The predicted molar refractivity (Wildman–Crippen MR) is 68.7 cm³/mol. The molecule has 0 saturated heterocycles. The van der Waals surface area contributed by atoms with Crippen LogP contribution in [-0.4, -0.2) is 29.3 Å². The standard InChI is InChI=1S/C13H24ClNO/c1-10(2)15(9-8-14)13(16)12-6-4-11(3)5-7-12/h10-12H,4-9H2,1-3H3. The van der Waals surface area contributed by atoms with Crippen molar-refractivity contribution in [2.75, 3.05) is 12.4 Å². The van der Waals surface area contributed by atoms with Crippen LogP contribution in [0.3, 0.4) is 0 Å². The van der Waals surface area contributed by atoms with Crippen LogP contribution in [0.25, 0.3) is 0 Å². The second-order valence-corrected chi connectivity index (χ2v) is 5.65. The van der Waals surface area contributed by atoms with Crippen molar-refractivity contribution < 1.29 is 4.79 Å². The monoisotopic (exact) mass is 245 g/mol. The molecule has 0 aromatic carbocycles. The molecule has 0 atom stereocenters. The SMILES string of the molecule is CC1CCC(C(=O)N(CCCl)C(C)C)CC1. The predicted octanol–water partition coefficient (Wildman–Crippen LogP) is 3.29. The molecule has 0 heterocycles. The maximum absolute atomic E-state index is 12.3. The summed E-state index contributed by atoms with van der Waals surface area (Å²) in [7, 11) is 0. The van der Waals surface area contributed by atoms with Gasteiger partial charge in [-0.2, -0.15) is 0 Å². The summed E-state index contributed by atoms with van der Waals surface area (Å²) in [5.74, 6) is 1.90. The number of carbonyl (C=O) groups is 1. The maximum Gasteiger partial charge on any atom is 0.225 e. The van der Waals surface area contributed by atoms with Gasteiger partial charge in [0, 0.05) is 24.4 Å². The lowest BCUT2D eigenvalue weighted by Gasteiger charge is -2.33. The number of carbonyl (C=O) groups excluding carboxylic acids is 1. The first-order valence-corrected chi connectivity index (χ1v) is 6.96. The highest BCUT2D eigenvalue weighted by Gasteiger charge is 2.28. The van der Waals surface area contributed by atoms with Crippen molar-refractivity contribution in [3.63, 3.8) is 0 Å². The summed E-state index contributed by atoms with van der Waals surface area (Å²) < 4.78 is 0. The Morgan fingerprint density at radius 2 is 1.88 bits per heavy atom. The van der Waals surface area contributed by atoms with Crippen molar-refractivity contribution in [1.29, 1.82) is 0 Å². The molecule has 1 fully saturated rings. The number of halogens is 1. The van der Waals surface area contributed by atoms with E-state index in [4.69, 9.17) is 11.6 Å². The van der Waals surface area contributed by atoms with E-state index in [0.717, 1.165) is 18.8 Å². The number of alkyl halides is 1. The molecule has 0 radical (unpaired) electrons. The molecule has 0 aromatic rings. The molecule has 0 spiro atoms. The van der Waals surface area contributed by atoms with E-state index in [1.54, 1.807) is 0 Å². The number of nitrogens with zero attached hydrogens (tertiary/aromatic N) is 1. The second kappa shape index (κ2) is 6.48. The highest BCUT2D eigenvalue weighted by atomic mass is 35.5. The van der Waals surface area contributed by atoms with Gasteiger partial charge < -0.3 is 4.90 Å². The zero-order valence-electron chi connectivity index (χ0n) is 10.7. The van der Waals surface area contributed by atoms with Crippen molar-refractivity contribution in [2.45, 2.75) is 52.5 Å². The van der Waals surface area contributed by atoms with E-state index in [0.29, 0.717) is 18.3 Å². The Kier molecular flexibility index (Phi) is 5.60. The summed E-state index contributed by atoms with van der Waals surface area (Å²) in [6.07, 6.45) is 4.52. The van der Waals surface area contributed by atoms with Crippen LogP contribution in [-0.2, 0) is 4.79 Å². The van der Waals surface area contributed by atoms with Crippen LogP contribution in [0.2, 0.25) is 0 Å². The first-order chi connectivity index (χ1) is 7.56. The maximum atomic E-state index is 12.3. The molecule has 1 rings (SSSR count). The van der Waals surface area contributed by atoms with Crippen molar-refractivity contribution in [1.82, 2.24) is 4.90 Å². The van der Waals surface area contributed by atoms with Crippen molar-refractivity contribution >= 4 is 17.5 Å². The van der Waals surface area contributed by atoms with Crippen molar-refractivity contribution in [3.05, 3.63) is 0 Å². The Balaban J connectivity index is 2.53. The molecule has 0 aliphatic heterocycles. The molecule has 1 saturated carbocycles. The molecule has 0 aromatic heterocycles. The largest absolute Gasteiger partial charge is 0.339 e. The van der Waals surface area contributed by atoms with Gasteiger partial charge in [0.1, 0.15) is 0 Å². The summed E-state index contributed by atoms with van der Waals surface area (Å²) in [4.78, 5) is 14.2. The Morgan fingerprint density at radius 1 is 1.31 bits per heavy atom. The van der Waals surface area contributed by atoms with Gasteiger partial charge in [-0.1, -0.05) is 6.92 Å². The van der Waals surface area contributed by atoms with E-state index in [-0.39, 0.29) is 12.0 Å². The number of rotatable bonds is 4. The van der Waals surface area contributed by atoms with Crippen LogP contribution in [0.1, 0.15) is 46.5 Å². The molecule has 1 aliphatic rings. The summed E-state index contributed by atoms with van der Waals surface area (Å²) in [6, 6.07) is 0.269. The smallest absolute Gasteiger partial charge is 0.225 e. The summed E-state index contributed by atoms with van der Waals surface area (Å²) in [5, 5.41) is 0. The summed E-state index contributed by atoms with van der Waals surface area (Å²) >= 11 is 5.75. The molecule has 0 unspecified atom stereocenters. The zero-order valence-corrected chi connectivity index (χ0v) is 11.5. The topological polar surface area (TPSA) is 20.3 Å². The molecule has 94 valence electrons. The van der Waals surface area contributed by atoms with Crippen LogP contribution in [0.15, 0.2) is 0 Å². The highest BCUT2D eigenvalue weighted by Crippen LogP contribution is 2.29. The van der Waals surface area contributed by atoms with Gasteiger partial charge >= 0.3 is 0 Å². The highest BCUT2D eigenvalue weighted by molar-refractivity contribution is 6.18. The first-order valence-electron chi connectivity index (χ1n) is 6.42. The average molecular weight is 246 g/mol. The Bertz CT molecular complexity index is 222. The van der Waals surface area contributed by atoms with E-state index >= 15 is 0 Å². The van der Waals surface area contributed by atoms with Crippen molar-refractivity contribution in [3.8, 4) is 0 Å². The van der Waals surface area contributed by atoms with Gasteiger partial charge in [0.2, 0.25) is 5.91 Å². The number of hydrogen-bond acceptors (Lipinski definition) is 1. The fraction of sp³-hybridized carbons (Fsp3) is 0.923. The first kappa shape index (κ1) is 13.8. The minimum Gasteiger partial charge on any atom is -0.339 e. The molecule has 0 N–H and O–H groups in total. The van der Waals surface area contributed by atoms with Crippen LogP contribution in [0, 0.1) is 11.8 Å². The summed E-state index contributed by atoms with van der Waals surface area (Å²) in [6.45, 7) is 7.09. The Hall–Kier alpha value is -0.240. The third kappa shape index (κ3) is 3.65. The van der Waals surface area contributed by atoms with E-state index in [9.17, 15) is 4.79 Å². The minimum atomic E-state index is 0.252. The third-order valence-corrected chi connectivity index (χ3v) is 3.77. The van der Waals surface area contributed by atoms with Crippen LogP contribution >= 0.6 is 11.6 Å². The molecule has 16 heavy (non-hydrogen) atoms. The lowest BCUT2D eigenvalue weighted by Crippen LogP contribution is -2.42. The van der Waals surface area contributed by atoms with Gasteiger partial charge in [0.25, 0.3) is 0 Å².